The van der Waals surface area contributed by atoms with Gasteiger partial charge in [-0.05, 0) is 26.2 Å². The molecule has 1 saturated carbocycles. The van der Waals surface area contributed by atoms with Crippen LogP contribution in [0.1, 0.15) is 26.2 Å². The van der Waals surface area contributed by atoms with E-state index < -0.39 is 18.1 Å². The lowest BCUT2D eigenvalue weighted by molar-refractivity contribution is -0.0894. The zero-order valence-corrected chi connectivity index (χ0v) is 10.1. The summed E-state index contributed by atoms with van der Waals surface area (Å²) < 4.78 is 40.4. The summed E-state index contributed by atoms with van der Waals surface area (Å²) in [6.07, 6.45) is 0.317. The Balaban J connectivity index is 1.89. The topological polar surface area (TPSA) is 15.3 Å². The van der Waals surface area contributed by atoms with Crippen molar-refractivity contribution in [2.24, 2.45) is 0 Å². The van der Waals surface area contributed by atoms with Crippen molar-refractivity contribution in [3.63, 3.8) is 0 Å². The first-order chi connectivity index (χ1) is 7.88. The van der Waals surface area contributed by atoms with Crippen LogP contribution in [-0.4, -0.2) is 42.2 Å². The fourth-order valence-electron chi connectivity index (χ4n) is 2.44. The van der Waals surface area contributed by atoms with Crippen molar-refractivity contribution in [2.75, 3.05) is 13.1 Å². The van der Waals surface area contributed by atoms with Crippen molar-refractivity contribution < 1.29 is 13.2 Å². The Morgan fingerprint density at radius 1 is 1.41 bits per heavy atom. The summed E-state index contributed by atoms with van der Waals surface area (Å²) in [5.41, 5.74) is 0.676. The first-order valence-corrected chi connectivity index (χ1v) is 6.07. The Bertz CT molecular complexity index is 300. The van der Waals surface area contributed by atoms with Gasteiger partial charge in [0, 0.05) is 18.3 Å². The van der Waals surface area contributed by atoms with Gasteiger partial charge >= 0.3 is 0 Å². The molecule has 1 unspecified atom stereocenters. The van der Waals surface area contributed by atoms with Gasteiger partial charge < -0.3 is 10.2 Å². The smallest absolute Gasteiger partial charge is 0.280 e. The summed E-state index contributed by atoms with van der Waals surface area (Å²) in [6.45, 7) is 5.74. The molecule has 1 N–H and O–H groups in total. The highest BCUT2D eigenvalue weighted by Gasteiger charge is 2.46. The van der Waals surface area contributed by atoms with E-state index in [1.807, 2.05) is 0 Å². The molecule has 0 spiro atoms. The highest BCUT2D eigenvalue weighted by atomic mass is 19.3. The fraction of sp³-hybridized carbons (Fsp3) is 0.833. The molecule has 1 saturated heterocycles. The lowest BCUT2D eigenvalue weighted by atomic mass is 9.88. The highest BCUT2D eigenvalue weighted by molar-refractivity contribution is 5.01. The number of nitrogens with one attached hydrogen (secondary N) is 1. The van der Waals surface area contributed by atoms with Gasteiger partial charge in [0.1, 0.15) is 6.17 Å². The van der Waals surface area contributed by atoms with E-state index in [1.54, 1.807) is 11.8 Å². The molecule has 0 aromatic heterocycles. The molecule has 17 heavy (non-hydrogen) atoms. The van der Waals surface area contributed by atoms with Crippen LogP contribution in [-0.2, 0) is 0 Å². The predicted octanol–water partition coefficient (Wildman–Crippen LogP) is 2.32. The number of piperidine rings is 1. The molecule has 1 aliphatic heterocycles. The van der Waals surface area contributed by atoms with Gasteiger partial charge in [-0.25, -0.2) is 13.2 Å². The van der Waals surface area contributed by atoms with Crippen LogP contribution in [0.5, 0.6) is 0 Å². The second-order valence-corrected chi connectivity index (χ2v) is 5.19. The summed E-state index contributed by atoms with van der Waals surface area (Å²) in [6, 6.07) is -0.896. The zero-order valence-electron chi connectivity index (χ0n) is 10.1. The van der Waals surface area contributed by atoms with Crippen LogP contribution in [0, 0.1) is 0 Å². The van der Waals surface area contributed by atoms with E-state index in [0.29, 0.717) is 31.5 Å². The number of hydrogen-bond donors (Lipinski definition) is 1. The van der Waals surface area contributed by atoms with Gasteiger partial charge in [0.2, 0.25) is 0 Å². The monoisotopic (exact) mass is 248 g/mol. The van der Waals surface area contributed by atoms with Crippen molar-refractivity contribution in [1.29, 1.82) is 0 Å². The molecule has 2 aliphatic rings. The average Bonchev–Trinajstić information content (AvgIpc) is 2.17. The molecule has 2 rings (SSSR count). The van der Waals surface area contributed by atoms with Gasteiger partial charge in [-0.2, -0.15) is 0 Å². The molecular weight excluding hydrogens is 229 g/mol. The van der Waals surface area contributed by atoms with Crippen molar-refractivity contribution in [1.82, 2.24) is 10.2 Å². The number of halogens is 3. The Hall–Kier alpha value is -0.710. The van der Waals surface area contributed by atoms with Gasteiger partial charge in [-0.1, -0.05) is 6.58 Å². The minimum Gasteiger partial charge on any atom is -0.369 e. The standard InChI is InChI=1S/C12H19F3N2/c1-8(2)17-4-3-11(12(14,15)7-17)16-10-5-9(13)6-10/h9-11,16H,1,3-7H2,2H3. The summed E-state index contributed by atoms with van der Waals surface area (Å²) in [5.74, 6) is -2.77. The maximum absolute atomic E-state index is 13.9. The Labute approximate surface area is 99.9 Å². The van der Waals surface area contributed by atoms with Gasteiger partial charge in [-0.15, -0.1) is 0 Å². The molecule has 2 fully saturated rings. The normalized spacial score (nSPS) is 36.5. The number of allylic oxidation sites excluding steroid dienone is 1. The highest BCUT2D eigenvalue weighted by Crippen LogP contribution is 2.32. The molecule has 1 heterocycles. The second kappa shape index (κ2) is 4.52. The SMILES string of the molecule is C=C(C)N1CCC(NC2CC(F)C2)C(F)(F)C1. The number of alkyl halides is 3. The van der Waals surface area contributed by atoms with Crippen LogP contribution < -0.4 is 5.32 Å². The van der Waals surface area contributed by atoms with Gasteiger partial charge in [-0.3, -0.25) is 0 Å². The Morgan fingerprint density at radius 3 is 2.53 bits per heavy atom. The molecule has 98 valence electrons. The number of hydrogen-bond acceptors (Lipinski definition) is 2. The molecule has 0 radical (unpaired) electrons. The molecule has 0 aromatic rings. The lowest BCUT2D eigenvalue weighted by Gasteiger charge is -2.43. The van der Waals surface area contributed by atoms with Crippen molar-refractivity contribution >= 4 is 0 Å². The molecule has 1 atom stereocenters. The third-order valence-electron chi connectivity index (χ3n) is 3.66. The first kappa shape index (κ1) is 12.7. The van der Waals surface area contributed by atoms with Crippen LogP contribution >= 0.6 is 0 Å². The van der Waals surface area contributed by atoms with Crippen LogP contribution in [0.3, 0.4) is 0 Å². The largest absolute Gasteiger partial charge is 0.369 e. The molecule has 0 amide bonds. The summed E-state index contributed by atoms with van der Waals surface area (Å²) in [7, 11) is 0. The second-order valence-electron chi connectivity index (χ2n) is 5.19. The quantitative estimate of drug-likeness (QED) is 0.824. The van der Waals surface area contributed by atoms with Crippen molar-refractivity contribution in [3.05, 3.63) is 12.3 Å². The van der Waals surface area contributed by atoms with Crippen LogP contribution in [0.2, 0.25) is 0 Å². The third kappa shape index (κ3) is 2.76. The van der Waals surface area contributed by atoms with E-state index in [1.165, 1.54) is 0 Å². The average molecular weight is 248 g/mol. The maximum Gasteiger partial charge on any atom is 0.280 e. The molecule has 1 aliphatic carbocycles. The Kier molecular flexibility index (Phi) is 3.39. The molecule has 2 nitrogen and oxygen atoms in total. The van der Waals surface area contributed by atoms with Crippen molar-refractivity contribution in [2.45, 2.75) is 50.4 Å². The number of rotatable bonds is 3. The Morgan fingerprint density at radius 2 is 2.06 bits per heavy atom. The molecule has 5 heteroatoms. The van der Waals surface area contributed by atoms with Gasteiger partial charge in [0.25, 0.3) is 5.92 Å². The molecule has 0 aromatic carbocycles. The van der Waals surface area contributed by atoms with Crippen LogP contribution in [0.4, 0.5) is 13.2 Å². The number of likely N-dealkylation sites (tertiary alicyclic amines) is 1. The minimum absolute atomic E-state index is 0.0720. The third-order valence-corrected chi connectivity index (χ3v) is 3.66. The zero-order chi connectivity index (χ0) is 12.6. The predicted molar refractivity (Wildman–Crippen MR) is 60.8 cm³/mol. The summed E-state index contributed by atoms with van der Waals surface area (Å²) in [4.78, 5) is 1.61. The van der Waals surface area contributed by atoms with Crippen LogP contribution in [0.15, 0.2) is 12.3 Å². The lowest BCUT2D eigenvalue weighted by Crippen LogP contribution is -2.60. The van der Waals surface area contributed by atoms with E-state index >= 15 is 0 Å². The van der Waals surface area contributed by atoms with Gasteiger partial charge in [0.15, 0.2) is 0 Å². The van der Waals surface area contributed by atoms with Gasteiger partial charge in [0.05, 0.1) is 12.6 Å². The maximum atomic E-state index is 13.9. The molecular formula is C12H19F3N2. The minimum atomic E-state index is -2.77. The van der Waals surface area contributed by atoms with E-state index in [4.69, 9.17) is 0 Å². The summed E-state index contributed by atoms with van der Waals surface area (Å²) >= 11 is 0. The number of nitrogens with zero attached hydrogens (tertiary/aromatic N) is 1. The van der Waals surface area contributed by atoms with E-state index in [2.05, 4.69) is 11.9 Å². The van der Waals surface area contributed by atoms with E-state index in [-0.39, 0.29) is 12.6 Å². The molecule has 0 bridgehead atoms. The van der Waals surface area contributed by atoms with E-state index in [9.17, 15) is 13.2 Å². The van der Waals surface area contributed by atoms with Crippen molar-refractivity contribution in [3.8, 4) is 0 Å². The van der Waals surface area contributed by atoms with E-state index in [0.717, 1.165) is 0 Å². The first-order valence-electron chi connectivity index (χ1n) is 6.07. The van der Waals surface area contributed by atoms with Crippen LogP contribution in [0.25, 0.3) is 0 Å². The summed E-state index contributed by atoms with van der Waals surface area (Å²) in [5, 5.41) is 2.89. The fourth-order valence-corrected chi connectivity index (χ4v) is 2.44.